The number of rotatable bonds is 4. The molecule has 1 saturated heterocycles. The van der Waals surface area contributed by atoms with Crippen LogP contribution in [0.4, 0.5) is 5.69 Å². The van der Waals surface area contributed by atoms with Crippen molar-refractivity contribution >= 4 is 29.0 Å². The molecule has 0 bridgehead atoms. The van der Waals surface area contributed by atoms with Crippen molar-refractivity contribution in [2.24, 2.45) is 4.99 Å². The number of amidine groups is 1. The molecule has 3 rings (SSSR count). The van der Waals surface area contributed by atoms with E-state index in [1.54, 1.807) is 11.8 Å². The van der Waals surface area contributed by atoms with Crippen LogP contribution < -0.4 is 4.90 Å². The molecule has 0 aromatic heterocycles. The molecule has 1 aliphatic heterocycles. The molecule has 1 aromatic rings. The average molecular weight is 388 g/mol. The molecule has 148 valence electrons. The van der Waals surface area contributed by atoms with Gasteiger partial charge >= 0.3 is 0 Å². The normalized spacial score (nSPS) is 23.5. The van der Waals surface area contributed by atoms with Crippen LogP contribution in [0.5, 0.6) is 0 Å². The number of carbonyl (C=O) groups excluding carboxylic acids is 1. The maximum atomic E-state index is 11.9. The second-order valence-corrected chi connectivity index (χ2v) is 9.76. The summed E-state index contributed by atoms with van der Waals surface area (Å²) in [6, 6.07) is 8.84. The molecule has 1 aliphatic carbocycles. The zero-order chi connectivity index (χ0) is 19.4. The van der Waals surface area contributed by atoms with Crippen LogP contribution in [0.2, 0.25) is 0 Å². The number of carbonyl (C=O) groups is 1. The number of benzene rings is 1. The summed E-state index contributed by atoms with van der Waals surface area (Å²) in [6.07, 6.45) is 8.66. The predicted octanol–water partition coefficient (Wildman–Crippen LogP) is 5.03. The van der Waals surface area contributed by atoms with Crippen LogP contribution in [0, 0.1) is 0 Å². The predicted molar refractivity (Wildman–Crippen MR) is 117 cm³/mol. The summed E-state index contributed by atoms with van der Waals surface area (Å²) < 4.78 is 0. The third-order valence-electron chi connectivity index (χ3n) is 5.69. The maximum Gasteiger partial charge on any atom is 0.215 e. The summed E-state index contributed by atoms with van der Waals surface area (Å²) >= 11 is 1.78. The van der Waals surface area contributed by atoms with Crippen LogP contribution in [0.3, 0.4) is 0 Å². The molecule has 0 spiro atoms. The van der Waals surface area contributed by atoms with Crippen molar-refractivity contribution in [3.8, 4) is 0 Å². The van der Waals surface area contributed by atoms with Crippen LogP contribution in [-0.2, 0) is 10.2 Å². The van der Waals surface area contributed by atoms with E-state index in [0.717, 1.165) is 23.0 Å². The molecule has 1 unspecified atom stereocenters. The molecule has 1 atom stereocenters. The van der Waals surface area contributed by atoms with Gasteiger partial charge in [0, 0.05) is 18.5 Å². The molecular weight excluding hydrogens is 354 g/mol. The van der Waals surface area contributed by atoms with Gasteiger partial charge in [-0.15, -0.1) is 0 Å². The molecule has 1 heterocycles. The third-order valence-corrected chi connectivity index (χ3v) is 6.81. The second kappa shape index (κ2) is 8.68. The number of nitrogens with zero attached hydrogens (tertiary/aromatic N) is 3. The Balaban J connectivity index is 1.73. The lowest BCUT2D eigenvalue weighted by Crippen LogP contribution is -2.45. The number of hydrogen-bond donors (Lipinski definition) is 0. The van der Waals surface area contributed by atoms with Gasteiger partial charge in [-0.25, -0.2) is 0 Å². The minimum absolute atomic E-state index is 0.0255. The van der Waals surface area contributed by atoms with Gasteiger partial charge < -0.3 is 4.90 Å². The van der Waals surface area contributed by atoms with E-state index in [0.29, 0.717) is 6.04 Å². The van der Waals surface area contributed by atoms with Gasteiger partial charge in [0.05, 0.1) is 6.04 Å². The van der Waals surface area contributed by atoms with E-state index in [9.17, 15) is 4.79 Å². The lowest BCUT2D eigenvalue weighted by atomic mass is 9.87. The minimum Gasteiger partial charge on any atom is -0.333 e. The molecule has 1 amide bonds. The number of hydrogen-bond acceptors (Lipinski definition) is 3. The lowest BCUT2D eigenvalue weighted by Gasteiger charge is -2.31. The third kappa shape index (κ3) is 4.87. The van der Waals surface area contributed by atoms with Crippen LogP contribution in [-0.4, -0.2) is 41.5 Å². The molecule has 1 saturated carbocycles. The van der Waals surface area contributed by atoms with Gasteiger partial charge in [-0.3, -0.25) is 14.7 Å². The van der Waals surface area contributed by atoms with Crippen molar-refractivity contribution in [2.75, 3.05) is 17.7 Å². The van der Waals surface area contributed by atoms with Crippen LogP contribution >= 0.6 is 11.8 Å². The SMILES string of the molecule is CN1C(=NC2CCCCCC2)SCC1N(C=O)c1ccc(C(C)(C)C)cc1. The number of anilines is 1. The van der Waals surface area contributed by atoms with E-state index in [2.05, 4.69) is 57.0 Å². The van der Waals surface area contributed by atoms with E-state index in [4.69, 9.17) is 4.99 Å². The van der Waals surface area contributed by atoms with Crippen molar-refractivity contribution in [1.82, 2.24) is 4.90 Å². The van der Waals surface area contributed by atoms with Crippen molar-refractivity contribution in [3.63, 3.8) is 0 Å². The van der Waals surface area contributed by atoms with Crippen molar-refractivity contribution in [2.45, 2.75) is 76.9 Å². The maximum absolute atomic E-state index is 11.9. The summed E-state index contributed by atoms with van der Waals surface area (Å²) in [6.45, 7) is 6.62. The molecule has 4 nitrogen and oxygen atoms in total. The molecule has 0 N–H and O–H groups in total. The quantitative estimate of drug-likeness (QED) is 0.537. The minimum atomic E-state index is 0.0255. The first-order valence-corrected chi connectivity index (χ1v) is 11.2. The second-order valence-electron chi connectivity index (χ2n) is 8.77. The Kier molecular flexibility index (Phi) is 6.51. The van der Waals surface area contributed by atoms with Gasteiger partial charge in [-0.1, -0.05) is 70.3 Å². The fourth-order valence-electron chi connectivity index (χ4n) is 3.87. The summed E-state index contributed by atoms with van der Waals surface area (Å²) in [5.74, 6) is 0.863. The first kappa shape index (κ1) is 20.2. The molecule has 27 heavy (non-hydrogen) atoms. The first-order chi connectivity index (χ1) is 12.9. The van der Waals surface area contributed by atoms with E-state index in [1.165, 1.54) is 44.1 Å². The van der Waals surface area contributed by atoms with E-state index in [1.807, 2.05) is 4.90 Å². The highest BCUT2D eigenvalue weighted by Crippen LogP contribution is 2.31. The van der Waals surface area contributed by atoms with Crippen molar-refractivity contribution < 1.29 is 4.79 Å². The fraction of sp³-hybridized carbons (Fsp3) is 0.636. The Morgan fingerprint density at radius 1 is 1.11 bits per heavy atom. The van der Waals surface area contributed by atoms with E-state index in [-0.39, 0.29) is 11.6 Å². The highest BCUT2D eigenvalue weighted by molar-refractivity contribution is 8.14. The monoisotopic (exact) mass is 387 g/mol. The molecule has 0 radical (unpaired) electrons. The van der Waals surface area contributed by atoms with Gasteiger partial charge in [-0.2, -0.15) is 0 Å². The number of amides is 1. The van der Waals surface area contributed by atoms with Crippen molar-refractivity contribution in [3.05, 3.63) is 29.8 Å². The van der Waals surface area contributed by atoms with Crippen LogP contribution in [0.15, 0.2) is 29.3 Å². The molecular formula is C22H33N3OS. The summed E-state index contributed by atoms with van der Waals surface area (Å²) in [5.41, 5.74) is 2.34. The highest BCUT2D eigenvalue weighted by Gasteiger charge is 2.33. The Morgan fingerprint density at radius 3 is 2.30 bits per heavy atom. The topological polar surface area (TPSA) is 35.9 Å². The van der Waals surface area contributed by atoms with Crippen molar-refractivity contribution in [1.29, 1.82) is 0 Å². The zero-order valence-corrected chi connectivity index (χ0v) is 18.0. The molecule has 5 heteroatoms. The van der Waals surface area contributed by atoms with Gasteiger partial charge in [-0.05, 0) is 36.0 Å². The standard InChI is InChI=1S/C22H33N3OS/c1-22(2,3)17-11-13-19(14-12-17)25(16-26)20-15-27-21(24(20)4)23-18-9-7-5-6-8-10-18/h11-14,16,18,20H,5-10,15H2,1-4H3. The fourth-order valence-corrected chi connectivity index (χ4v) is 5.10. The van der Waals surface area contributed by atoms with Gasteiger partial charge in [0.2, 0.25) is 6.41 Å². The number of thioether (sulfide) groups is 1. The Hall–Kier alpha value is -1.49. The summed E-state index contributed by atoms with van der Waals surface area (Å²) in [5, 5.41) is 1.09. The Bertz CT molecular complexity index is 657. The van der Waals surface area contributed by atoms with Crippen LogP contribution in [0.25, 0.3) is 0 Å². The highest BCUT2D eigenvalue weighted by atomic mass is 32.2. The molecule has 2 fully saturated rings. The molecule has 2 aliphatic rings. The Labute approximate surface area is 168 Å². The van der Waals surface area contributed by atoms with E-state index >= 15 is 0 Å². The smallest absolute Gasteiger partial charge is 0.215 e. The number of aliphatic imine (C=N–C) groups is 1. The lowest BCUT2D eigenvalue weighted by molar-refractivity contribution is -0.108. The van der Waals surface area contributed by atoms with Crippen LogP contribution in [0.1, 0.15) is 64.9 Å². The average Bonchev–Trinajstić information content (AvgIpc) is 2.84. The first-order valence-electron chi connectivity index (χ1n) is 10.2. The van der Waals surface area contributed by atoms with E-state index < -0.39 is 0 Å². The van der Waals surface area contributed by atoms with Gasteiger partial charge in [0.1, 0.15) is 6.17 Å². The molecule has 1 aromatic carbocycles. The summed E-state index contributed by atoms with van der Waals surface area (Å²) in [7, 11) is 2.07. The Morgan fingerprint density at radius 2 is 1.74 bits per heavy atom. The van der Waals surface area contributed by atoms with Gasteiger partial charge in [0.15, 0.2) is 5.17 Å². The van der Waals surface area contributed by atoms with Gasteiger partial charge in [0.25, 0.3) is 0 Å². The largest absolute Gasteiger partial charge is 0.333 e. The summed E-state index contributed by atoms with van der Waals surface area (Å²) in [4.78, 5) is 21.0. The zero-order valence-electron chi connectivity index (χ0n) is 17.1.